The van der Waals surface area contributed by atoms with Gasteiger partial charge in [0, 0.05) is 35.6 Å². The Morgan fingerprint density at radius 3 is 3.00 bits per heavy atom. The molecule has 3 nitrogen and oxygen atoms in total. The zero-order chi connectivity index (χ0) is 13.2. The number of halogens is 1. The Balaban J connectivity index is 1.94. The molecule has 19 heavy (non-hydrogen) atoms. The van der Waals surface area contributed by atoms with Crippen molar-refractivity contribution in [3.63, 3.8) is 0 Å². The Hall–Kier alpha value is -0.770. The van der Waals surface area contributed by atoms with E-state index in [0.29, 0.717) is 5.92 Å². The summed E-state index contributed by atoms with van der Waals surface area (Å²) in [6.45, 7) is 2.46. The summed E-state index contributed by atoms with van der Waals surface area (Å²) in [5.74, 6) is 1.53. The molecule has 0 amide bonds. The highest BCUT2D eigenvalue weighted by molar-refractivity contribution is 6.30. The minimum atomic E-state index is 0.255. The number of nitrogens with one attached hydrogen (secondary N) is 1. The van der Waals surface area contributed by atoms with E-state index in [1.54, 1.807) is 0 Å². The van der Waals surface area contributed by atoms with Gasteiger partial charge in [-0.15, -0.1) is 0 Å². The summed E-state index contributed by atoms with van der Waals surface area (Å²) in [4.78, 5) is 0. The second kappa shape index (κ2) is 5.70. The van der Waals surface area contributed by atoms with Crippen LogP contribution >= 0.6 is 11.6 Å². The zero-order valence-corrected chi connectivity index (χ0v) is 12.0. The summed E-state index contributed by atoms with van der Waals surface area (Å²) in [7, 11) is 2.00. The molecule has 0 aromatic heterocycles. The van der Waals surface area contributed by atoms with Crippen molar-refractivity contribution >= 4 is 11.6 Å². The molecular weight excluding hydrogens is 262 g/mol. The molecular formula is C15H20ClNO2. The highest BCUT2D eigenvalue weighted by Gasteiger charge is 2.29. The van der Waals surface area contributed by atoms with Crippen molar-refractivity contribution in [3.05, 3.63) is 28.3 Å². The van der Waals surface area contributed by atoms with Crippen molar-refractivity contribution in [1.82, 2.24) is 5.32 Å². The second-order valence-electron chi connectivity index (χ2n) is 5.33. The Kier molecular flexibility index (Phi) is 3.96. The van der Waals surface area contributed by atoms with Crippen LogP contribution in [-0.2, 0) is 11.2 Å². The van der Waals surface area contributed by atoms with Crippen molar-refractivity contribution in [2.45, 2.75) is 25.3 Å². The summed E-state index contributed by atoms with van der Waals surface area (Å²) in [5, 5.41) is 4.23. The Labute approximate surface area is 119 Å². The average molecular weight is 282 g/mol. The Morgan fingerprint density at radius 2 is 2.26 bits per heavy atom. The van der Waals surface area contributed by atoms with E-state index in [2.05, 4.69) is 5.32 Å². The summed E-state index contributed by atoms with van der Waals surface area (Å²) in [6, 6.07) is 4.32. The molecule has 2 unspecified atom stereocenters. The topological polar surface area (TPSA) is 30.5 Å². The van der Waals surface area contributed by atoms with Crippen LogP contribution in [0, 0.1) is 5.92 Å². The van der Waals surface area contributed by atoms with Gasteiger partial charge in [0.15, 0.2) is 0 Å². The van der Waals surface area contributed by atoms with Crippen LogP contribution in [0.5, 0.6) is 5.75 Å². The molecule has 3 rings (SSSR count). The highest BCUT2D eigenvalue weighted by atomic mass is 35.5. The summed E-state index contributed by atoms with van der Waals surface area (Å²) in [5.41, 5.74) is 2.43. The van der Waals surface area contributed by atoms with Crippen molar-refractivity contribution < 1.29 is 9.47 Å². The van der Waals surface area contributed by atoms with Gasteiger partial charge in [0.05, 0.1) is 13.2 Å². The number of ether oxygens (including phenoxy) is 2. The van der Waals surface area contributed by atoms with E-state index in [9.17, 15) is 0 Å². The van der Waals surface area contributed by atoms with Gasteiger partial charge < -0.3 is 14.8 Å². The van der Waals surface area contributed by atoms with Crippen molar-refractivity contribution in [1.29, 1.82) is 0 Å². The van der Waals surface area contributed by atoms with Crippen LogP contribution in [0.2, 0.25) is 5.02 Å². The minimum Gasteiger partial charge on any atom is -0.493 e. The van der Waals surface area contributed by atoms with Crippen LogP contribution in [0.1, 0.15) is 30.0 Å². The van der Waals surface area contributed by atoms with Gasteiger partial charge in [-0.05, 0) is 37.6 Å². The molecule has 2 aliphatic heterocycles. The van der Waals surface area contributed by atoms with E-state index in [1.807, 2.05) is 19.2 Å². The molecule has 0 spiro atoms. The predicted molar refractivity (Wildman–Crippen MR) is 76.0 cm³/mol. The van der Waals surface area contributed by atoms with Crippen LogP contribution in [0.25, 0.3) is 0 Å². The van der Waals surface area contributed by atoms with E-state index >= 15 is 0 Å². The predicted octanol–water partition coefficient (Wildman–Crippen LogP) is 2.96. The molecule has 2 heterocycles. The maximum Gasteiger partial charge on any atom is 0.127 e. The van der Waals surface area contributed by atoms with Crippen LogP contribution < -0.4 is 10.1 Å². The molecule has 4 heteroatoms. The van der Waals surface area contributed by atoms with Gasteiger partial charge in [0.2, 0.25) is 0 Å². The number of hydrogen-bond acceptors (Lipinski definition) is 3. The quantitative estimate of drug-likeness (QED) is 0.924. The third-order valence-electron chi connectivity index (χ3n) is 4.09. The first-order valence-electron chi connectivity index (χ1n) is 6.99. The van der Waals surface area contributed by atoms with E-state index in [1.165, 1.54) is 17.5 Å². The molecule has 2 aliphatic rings. The smallest absolute Gasteiger partial charge is 0.127 e. The molecule has 0 radical (unpaired) electrons. The molecule has 1 saturated heterocycles. The van der Waals surface area contributed by atoms with Crippen LogP contribution in [0.3, 0.4) is 0 Å². The first-order valence-corrected chi connectivity index (χ1v) is 7.37. The highest BCUT2D eigenvalue weighted by Crippen LogP contribution is 2.40. The molecule has 0 saturated carbocycles. The zero-order valence-electron chi connectivity index (χ0n) is 11.2. The van der Waals surface area contributed by atoms with Crippen LogP contribution in [0.15, 0.2) is 12.1 Å². The van der Waals surface area contributed by atoms with Gasteiger partial charge in [-0.3, -0.25) is 0 Å². The molecule has 0 aliphatic carbocycles. The fraction of sp³-hybridized carbons (Fsp3) is 0.600. The van der Waals surface area contributed by atoms with Gasteiger partial charge in [-0.2, -0.15) is 0 Å². The lowest BCUT2D eigenvalue weighted by atomic mass is 9.87. The van der Waals surface area contributed by atoms with Gasteiger partial charge in [0.1, 0.15) is 5.75 Å². The SMILES string of the molecule is CNC(c1cc(Cl)cc2c1OCC2)C1CCCOC1. The maximum atomic E-state index is 6.25. The molecule has 0 bridgehead atoms. The average Bonchev–Trinajstić information content (AvgIpc) is 2.89. The van der Waals surface area contributed by atoms with E-state index in [4.69, 9.17) is 21.1 Å². The lowest BCUT2D eigenvalue weighted by Gasteiger charge is -2.31. The first kappa shape index (κ1) is 13.2. The Bertz CT molecular complexity index is 458. The summed E-state index contributed by atoms with van der Waals surface area (Å²) in [6.07, 6.45) is 3.28. The standard InChI is InChI=1S/C15H20ClNO2/c1-17-14(11-3-2-5-18-9-11)13-8-12(16)7-10-4-6-19-15(10)13/h7-8,11,14,17H,2-6,9H2,1H3. The van der Waals surface area contributed by atoms with Gasteiger partial charge in [-0.25, -0.2) is 0 Å². The third-order valence-corrected chi connectivity index (χ3v) is 4.31. The van der Waals surface area contributed by atoms with Crippen molar-refractivity contribution in [2.24, 2.45) is 5.92 Å². The largest absolute Gasteiger partial charge is 0.493 e. The fourth-order valence-electron chi connectivity index (χ4n) is 3.20. The van der Waals surface area contributed by atoms with E-state index in [-0.39, 0.29) is 6.04 Å². The summed E-state index contributed by atoms with van der Waals surface area (Å²) >= 11 is 6.25. The lowest BCUT2D eigenvalue weighted by molar-refractivity contribution is 0.0398. The van der Waals surface area contributed by atoms with Gasteiger partial charge >= 0.3 is 0 Å². The number of rotatable bonds is 3. The minimum absolute atomic E-state index is 0.255. The molecule has 1 aromatic carbocycles. The van der Waals surface area contributed by atoms with Gasteiger partial charge in [-0.1, -0.05) is 11.6 Å². The van der Waals surface area contributed by atoms with Crippen molar-refractivity contribution in [3.8, 4) is 5.75 Å². The number of fused-ring (bicyclic) bond motifs is 1. The molecule has 2 atom stereocenters. The van der Waals surface area contributed by atoms with Gasteiger partial charge in [0.25, 0.3) is 0 Å². The van der Waals surface area contributed by atoms with Crippen LogP contribution in [-0.4, -0.2) is 26.9 Å². The number of hydrogen-bond donors (Lipinski definition) is 1. The molecule has 1 aromatic rings. The molecule has 1 N–H and O–H groups in total. The van der Waals surface area contributed by atoms with Crippen LogP contribution in [0.4, 0.5) is 0 Å². The van der Waals surface area contributed by atoms with E-state index in [0.717, 1.165) is 43.4 Å². The third kappa shape index (κ3) is 2.60. The summed E-state index contributed by atoms with van der Waals surface area (Å²) < 4.78 is 11.4. The second-order valence-corrected chi connectivity index (χ2v) is 5.76. The fourth-order valence-corrected chi connectivity index (χ4v) is 3.45. The normalized spacial score (nSPS) is 23.8. The monoisotopic (exact) mass is 281 g/mol. The molecule has 1 fully saturated rings. The Morgan fingerprint density at radius 1 is 1.37 bits per heavy atom. The maximum absolute atomic E-state index is 6.25. The number of benzene rings is 1. The first-order chi connectivity index (χ1) is 9.29. The van der Waals surface area contributed by atoms with E-state index < -0.39 is 0 Å². The lowest BCUT2D eigenvalue weighted by Crippen LogP contribution is -2.31. The molecule has 104 valence electrons. The van der Waals surface area contributed by atoms with Crippen molar-refractivity contribution in [2.75, 3.05) is 26.9 Å².